The Kier molecular flexibility index (Phi) is 2.45. The molecule has 0 atom stereocenters. The van der Waals surface area contributed by atoms with Crippen LogP contribution >= 0.6 is 0 Å². The summed E-state index contributed by atoms with van der Waals surface area (Å²) in [4.78, 5) is 0. The van der Waals surface area contributed by atoms with Crippen molar-refractivity contribution in [1.82, 2.24) is 9.78 Å². The van der Waals surface area contributed by atoms with Gasteiger partial charge in [-0.15, -0.1) is 6.58 Å². The average Bonchev–Trinajstić information content (AvgIpc) is 2.30. The van der Waals surface area contributed by atoms with Gasteiger partial charge in [0.2, 0.25) is 0 Å². The molecule has 0 aromatic carbocycles. The lowest BCUT2D eigenvalue weighted by Gasteiger charge is -2.02. The Morgan fingerprint density at radius 1 is 1.62 bits per heavy atom. The number of alkyl halides is 3. The summed E-state index contributed by atoms with van der Waals surface area (Å²) >= 11 is 0. The minimum atomic E-state index is -4.36. The van der Waals surface area contributed by atoms with E-state index in [2.05, 4.69) is 11.7 Å². The van der Waals surface area contributed by atoms with Gasteiger partial charge in [-0.2, -0.15) is 18.3 Å². The highest BCUT2D eigenvalue weighted by Gasteiger charge is 2.35. The first-order chi connectivity index (χ1) is 5.95. The molecule has 1 rings (SSSR count). The van der Waals surface area contributed by atoms with E-state index in [0.717, 1.165) is 0 Å². The molecular formula is C8H9F3N2. The molecule has 0 unspecified atom stereocenters. The van der Waals surface area contributed by atoms with Crippen LogP contribution in [-0.4, -0.2) is 9.78 Å². The van der Waals surface area contributed by atoms with E-state index in [1.165, 1.54) is 23.9 Å². The van der Waals surface area contributed by atoms with Crippen LogP contribution in [-0.2, 0) is 12.7 Å². The first-order valence-electron chi connectivity index (χ1n) is 3.67. The fraction of sp³-hybridized carbons (Fsp3) is 0.375. The van der Waals surface area contributed by atoms with Gasteiger partial charge in [0.05, 0.1) is 6.54 Å². The highest BCUT2D eigenvalue weighted by Crippen LogP contribution is 2.29. The van der Waals surface area contributed by atoms with Gasteiger partial charge in [-0.3, -0.25) is 4.68 Å². The molecule has 13 heavy (non-hydrogen) atoms. The third-order valence-corrected chi connectivity index (χ3v) is 1.53. The lowest BCUT2D eigenvalue weighted by molar-refractivity contribution is -0.141. The molecule has 72 valence electrons. The lowest BCUT2D eigenvalue weighted by atomic mass is 10.3. The maximum absolute atomic E-state index is 12.2. The summed E-state index contributed by atoms with van der Waals surface area (Å²) in [5.74, 6) is 0. The number of rotatable bonds is 2. The summed E-state index contributed by atoms with van der Waals surface area (Å²) in [6.45, 7) is 5.09. The molecule has 0 saturated heterocycles. The molecule has 0 fully saturated rings. The van der Waals surface area contributed by atoms with Gasteiger partial charge in [-0.25, -0.2) is 0 Å². The van der Waals surface area contributed by atoms with Crippen LogP contribution in [0.5, 0.6) is 0 Å². The van der Waals surface area contributed by atoms with Crippen LogP contribution in [0.1, 0.15) is 11.3 Å². The molecule has 1 aromatic heterocycles. The number of hydrogen-bond acceptors (Lipinski definition) is 1. The molecule has 1 aromatic rings. The number of halogens is 3. The molecule has 2 nitrogen and oxygen atoms in total. The van der Waals surface area contributed by atoms with Crippen molar-refractivity contribution < 1.29 is 13.2 Å². The normalized spacial score (nSPS) is 11.7. The zero-order valence-electron chi connectivity index (χ0n) is 7.10. The van der Waals surface area contributed by atoms with Crippen LogP contribution in [0.4, 0.5) is 13.2 Å². The maximum atomic E-state index is 12.2. The van der Waals surface area contributed by atoms with Crippen LogP contribution < -0.4 is 0 Å². The van der Waals surface area contributed by atoms with Crippen LogP contribution in [0.25, 0.3) is 0 Å². The first kappa shape index (κ1) is 9.83. The largest absolute Gasteiger partial charge is 0.435 e. The van der Waals surface area contributed by atoms with E-state index in [1.807, 2.05) is 0 Å². The number of aryl methyl sites for hydroxylation is 1. The molecular weight excluding hydrogens is 181 g/mol. The molecule has 0 aliphatic rings. The molecule has 0 aliphatic heterocycles. The molecule has 1 heterocycles. The van der Waals surface area contributed by atoms with Crippen molar-refractivity contribution in [3.8, 4) is 0 Å². The highest BCUT2D eigenvalue weighted by molar-refractivity contribution is 5.17. The van der Waals surface area contributed by atoms with Crippen molar-refractivity contribution in [2.24, 2.45) is 0 Å². The zero-order chi connectivity index (χ0) is 10.1. The summed E-state index contributed by atoms with van der Waals surface area (Å²) in [7, 11) is 0. The summed E-state index contributed by atoms with van der Waals surface area (Å²) in [6, 6.07) is 0. The van der Waals surface area contributed by atoms with Crippen LogP contribution in [0.15, 0.2) is 18.9 Å². The van der Waals surface area contributed by atoms with Gasteiger partial charge in [-0.1, -0.05) is 6.08 Å². The van der Waals surface area contributed by atoms with Crippen molar-refractivity contribution in [3.05, 3.63) is 30.1 Å². The van der Waals surface area contributed by atoms with Crippen LogP contribution in [0.2, 0.25) is 0 Å². The third kappa shape index (κ3) is 2.11. The van der Waals surface area contributed by atoms with Crippen molar-refractivity contribution in [2.75, 3.05) is 0 Å². The Bertz CT molecular complexity index is 312. The predicted octanol–water partition coefficient (Wildman–Crippen LogP) is 2.40. The fourth-order valence-corrected chi connectivity index (χ4v) is 1.03. The number of aromatic nitrogens is 2. The maximum Gasteiger partial charge on any atom is 0.435 e. The molecule has 0 saturated carbocycles. The number of nitrogens with zero attached hydrogens (tertiary/aromatic N) is 2. The Balaban J connectivity index is 3.03. The Labute approximate surface area is 73.7 Å². The molecule has 0 aliphatic carbocycles. The van der Waals surface area contributed by atoms with Gasteiger partial charge < -0.3 is 0 Å². The topological polar surface area (TPSA) is 17.8 Å². The van der Waals surface area contributed by atoms with E-state index < -0.39 is 11.9 Å². The van der Waals surface area contributed by atoms with Crippen LogP contribution in [0, 0.1) is 6.92 Å². The molecule has 0 spiro atoms. The van der Waals surface area contributed by atoms with Gasteiger partial charge in [0.1, 0.15) is 0 Å². The smallest absolute Gasteiger partial charge is 0.268 e. The fourth-order valence-electron chi connectivity index (χ4n) is 1.03. The molecule has 0 amide bonds. The van der Waals surface area contributed by atoms with Gasteiger partial charge in [0.25, 0.3) is 0 Å². The summed E-state index contributed by atoms with van der Waals surface area (Å²) < 4.78 is 37.8. The van der Waals surface area contributed by atoms with E-state index in [1.54, 1.807) is 0 Å². The zero-order valence-corrected chi connectivity index (χ0v) is 7.10. The summed E-state index contributed by atoms with van der Waals surface area (Å²) in [5, 5.41) is 3.39. The van der Waals surface area contributed by atoms with Crippen molar-refractivity contribution in [1.29, 1.82) is 0 Å². The number of hydrogen-bond donors (Lipinski definition) is 0. The minimum Gasteiger partial charge on any atom is -0.268 e. The van der Waals surface area contributed by atoms with E-state index in [9.17, 15) is 13.2 Å². The lowest BCUT2D eigenvalue weighted by Crippen LogP contribution is -2.08. The SMILES string of the molecule is C=CCn1cc(C)c(C(F)(F)F)n1. The standard InChI is InChI=1S/C8H9F3N2/c1-3-4-13-5-6(2)7(12-13)8(9,10)11/h3,5H,1,4H2,2H3. The first-order valence-corrected chi connectivity index (χ1v) is 3.67. The van der Waals surface area contributed by atoms with E-state index in [-0.39, 0.29) is 12.1 Å². The molecule has 0 bridgehead atoms. The van der Waals surface area contributed by atoms with Gasteiger partial charge >= 0.3 is 6.18 Å². The summed E-state index contributed by atoms with van der Waals surface area (Å²) in [6.07, 6.45) is -1.52. The predicted molar refractivity (Wildman–Crippen MR) is 42.2 cm³/mol. The average molecular weight is 190 g/mol. The Morgan fingerprint density at radius 2 is 2.23 bits per heavy atom. The van der Waals surface area contributed by atoms with Crippen molar-refractivity contribution in [3.63, 3.8) is 0 Å². The van der Waals surface area contributed by atoms with Crippen molar-refractivity contribution >= 4 is 0 Å². The highest BCUT2D eigenvalue weighted by atomic mass is 19.4. The quantitative estimate of drug-likeness (QED) is 0.655. The molecule has 5 heteroatoms. The Hall–Kier alpha value is -1.26. The Morgan fingerprint density at radius 3 is 2.62 bits per heavy atom. The summed E-state index contributed by atoms with van der Waals surface area (Å²) in [5.41, 5.74) is -0.691. The van der Waals surface area contributed by atoms with E-state index in [4.69, 9.17) is 0 Å². The van der Waals surface area contributed by atoms with Gasteiger partial charge in [0, 0.05) is 6.20 Å². The second-order valence-corrected chi connectivity index (χ2v) is 2.67. The second-order valence-electron chi connectivity index (χ2n) is 2.67. The van der Waals surface area contributed by atoms with E-state index >= 15 is 0 Å². The number of allylic oxidation sites excluding steroid dienone is 1. The monoisotopic (exact) mass is 190 g/mol. The third-order valence-electron chi connectivity index (χ3n) is 1.53. The second kappa shape index (κ2) is 3.24. The molecule has 0 N–H and O–H groups in total. The minimum absolute atomic E-state index is 0.134. The van der Waals surface area contributed by atoms with Gasteiger partial charge in [-0.05, 0) is 12.5 Å². The van der Waals surface area contributed by atoms with Gasteiger partial charge in [0.15, 0.2) is 5.69 Å². The van der Waals surface area contributed by atoms with Crippen molar-refractivity contribution in [2.45, 2.75) is 19.6 Å². The van der Waals surface area contributed by atoms with E-state index in [0.29, 0.717) is 0 Å². The molecule has 0 radical (unpaired) electrons. The van der Waals surface area contributed by atoms with Crippen LogP contribution in [0.3, 0.4) is 0 Å².